The van der Waals surface area contributed by atoms with Crippen LogP contribution in [0.2, 0.25) is 0 Å². The van der Waals surface area contributed by atoms with Crippen molar-refractivity contribution in [1.82, 2.24) is 0 Å². The zero-order valence-corrected chi connectivity index (χ0v) is 12.7. The number of rotatable bonds is 7. The maximum absolute atomic E-state index is 11.5. The Morgan fingerprint density at radius 1 is 1.45 bits per heavy atom. The minimum absolute atomic E-state index is 0.156. The van der Waals surface area contributed by atoms with Gasteiger partial charge < -0.3 is 16.2 Å². The van der Waals surface area contributed by atoms with Crippen molar-refractivity contribution in [3.05, 3.63) is 35.5 Å². The predicted molar refractivity (Wildman–Crippen MR) is 83.4 cm³/mol. The Kier molecular flexibility index (Phi) is 9.24. The molecule has 0 saturated carbocycles. The zero-order chi connectivity index (χ0) is 15.5. The smallest absolute Gasteiger partial charge is 0.264 e. The highest BCUT2D eigenvalue weighted by Crippen LogP contribution is 2.07. The minimum atomic E-state index is -0.662. The highest BCUT2D eigenvalue weighted by atomic mass is 16.5. The van der Waals surface area contributed by atoms with E-state index in [1.165, 1.54) is 0 Å². The van der Waals surface area contributed by atoms with Crippen LogP contribution in [0.5, 0.6) is 0 Å². The molecule has 0 saturated heterocycles. The fourth-order valence-electron chi connectivity index (χ4n) is 1.46. The van der Waals surface area contributed by atoms with Gasteiger partial charge in [-0.15, -0.1) is 0 Å². The molecule has 4 N–H and O–H groups in total. The Hall–Kier alpha value is -1.72. The third kappa shape index (κ3) is 7.01. The second-order valence-electron chi connectivity index (χ2n) is 4.34. The van der Waals surface area contributed by atoms with E-state index in [1.807, 2.05) is 32.1 Å². The van der Waals surface area contributed by atoms with Crippen molar-refractivity contribution in [2.75, 3.05) is 13.7 Å². The summed E-state index contributed by atoms with van der Waals surface area (Å²) in [4.78, 5) is 15.3. The summed E-state index contributed by atoms with van der Waals surface area (Å²) in [6.45, 7) is 5.96. The van der Waals surface area contributed by atoms with Gasteiger partial charge in [0.05, 0.1) is 12.6 Å². The topological polar surface area (TPSA) is 90.7 Å². The Labute approximate surface area is 121 Å². The molecule has 1 unspecified atom stereocenters. The van der Waals surface area contributed by atoms with E-state index in [0.29, 0.717) is 12.2 Å². The molecular weight excluding hydrogens is 254 g/mol. The summed E-state index contributed by atoms with van der Waals surface area (Å²) in [6.07, 6.45) is 8.41. The van der Waals surface area contributed by atoms with Gasteiger partial charge in [-0.1, -0.05) is 25.2 Å². The fourth-order valence-corrected chi connectivity index (χ4v) is 1.46. The highest BCUT2D eigenvalue weighted by Gasteiger charge is 2.08. The van der Waals surface area contributed by atoms with Gasteiger partial charge in [0.15, 0.2) is 0 Å². The Morgan fingerprint density at radius 2 is 2.10 bits per heavy atom. The van der Waals surface area contributed by atoms with Crippen LogP contribution in [0.4, 0.5) is 0 Å². The molecule has 0 radical (unpaired) electrons. The maximum atomic E-state index is 11.5. The average Bonchev–Trinajstić information content (AvgIpc) is 2.38. The Bertz CT molecular complexity index is 432. The van der Waals surface area contributed by atoms with Crippen LogP contribution in [-0.4, -0.2) is 31.5 Å². The summed E-state index contributed by atoms with van der Waals surface area (Å²) in [5, 5.41) is 0. The van der Waals surface area contributed by atoms with Crippen LogP contribution in [0.25, 0.3) is 0 Å². The Balaban J connectivity index is 5.42. The molecule has 0 aromatic rings. The maximum Gasteiger partial charge on any atom is 0.264 e. The number of ether oxygens (including phenoxy) is 1. The molecule has 1 atom stereocenters. The first-order valence-corrected chi connectivity index (χ1v) is 6.62. The van der Waals surface area contributed by atoms with Crippen LogP contribution in [-0.2, 0) is 9.53 Å². The van der Waals surface area contributed by atoms with Crippen LogP contribution in [0, 0.1) is 0 Å². The lowest BCUT2D eigenvalue weighted by Crippen LogP contribution is -2.28. The predicted octanol–water partition coefficient (Wildman–Crippen LogP) is 1.70. The van der Waals surface area contributed by atoms with E-state index in [4.69, 9.17) is 16.2 Å². The molecule has 112 valence electrons. The van der Waals surface area contributed by atoms with Crippen molar-refractivity contribution < 1.29 is 9.53 Å². The van der Waals surface area contributed by atoms with E-state index >= 15 is 0 Å². The monoisotopic (exact) mass is 279 g/mol. The lowest BCUT2D eigenvalue weighted by Gasteiger charge is -2.06. The van der Waals surface area contributed by atoms with Crippen molar-refractivity contribution >= 4 is 11.7 Å². The second-order valence-corrected chi connectivity index (χ2v) is 4.34. The van der Waals surface area contributed by atoms with Crippen molar-refractivity contribution in [3.8, 4) is 0 Å². The van der Waals surface area contributed by atoms with Gasteiger partial charge in [0.1, 0.15) is 5.84 Å². The summed E-state index contributed by atoms with van der Waals surface area (Å²) in [6, 6.07) is -0.662. The summed E-state index contributed by atoms with van der Waals surface area (Å²) >= 11 is 0. The van der Waals surface area contributed by atoms with Gasteiger partial charge in [0, 0.05) is 12.7 Å². The molecule has 20 heavy (non-hydrogen) atoms. The molecule has 0 heterocycles. The molecule has 0 aromatic carbocycles. The molecule has 0 fully saturated rings. The lowest BCUT2D eigenvalue weighted by molar-refractivity contribution is -0.118. The molecule has 0 bridgehead atoms. The molecule has 0 aliphatic heterocycles. The van der Waals surface area contributed by atoms with Crippen LogP contribution < -0.4 is 11.5 Å². The first-order valence-electron chi connectivity index (χ1n) is 6.62. The van der Waals surface area contributed by atoms with Crippen molar-refractivity contribution in [2.45, 2.75) is 33.2 Å². The fraction of sp³-hybridized carbons (Fsp3) is 0.467. The van der Waals surface area contributed by atoms with Gasteiger partial charge in [-0.25, -0.2) is 0 Å². The largest absolute Gasteiger partial charge is 0.383 e. The van der Waals surface area contributed by atoms with E-state index in [-0.39, 0.29) is 5.84 Å². The molecule has 0 aliphatic carbocycles. The van der Waals surface area contributed by atoms with Gasteiger partial charge in [-0.05, 0) is 31.9 Å². The van der Waals surface area contributed by atoms with E-state index in [1.54, 1.807) is 20.1 Å². The van der Waals surface area contributed by atoms with Crippen LogP contribution in [0.3, 0.4) is 0 Å². The van der Waals surface area contributed by atoms with Crippen molar-refractivity contribution in [3.63, 3.8) is 0 Å². The lowest BCUT2D eigenvalue weighted by atomic mass is 10.1. The molecule has 0 spiro atoms. The molecule has 0 rings (SSSR count). The number of amides is 1. The van der Waals surface area contributed by atoms with Crippen LogP contribution in [0.1, 0.15) is 27.2 Å². The van der Waals surface area contributed by atoms with Gasteiger partial charge in [-0.3, -0.25) is 4.79 Å². The number of aliphatic imine (C=N–C) groups is 1. The molecular formula is C15H25N3O2. The third-order valence-electron chi connectivity index (χ3n) is 2.38. The summed E-state index contributed by atoms with van der Waals surface area (Å²) < 4.78 is 5.13. The number of carbonyl (C=O) groups excluding carboxylic acids is 1. The van der Waals surface area contributed by atoms with Crippen LogP contribution in [0.15, 0.2) is 40.4 Å². The zero-order valence-electron chi connectivity index (χ0n) is 12.7. The van der Waals surface area contributed by atoms with Gasteiger partial charge in [-0.2, -0.15) is 4.99 Å². The molecule has 0 aliphatic rings. The minimum Gasteiger partial charge on any atom is -0.383 e. The van der Waals surface area contributed by atoms with E-state index in [9.17, 15) is 4.79 Å². The first-order chi connectivity index (χ1) is 9.46. The summed E-state index contributed by atoms with van der Waals surface area (Å²) in [5.74, 6) is -0.283. The SMILES string of the molecule is C\C=C/C(=C\C(=C\CC)COC)C(N)=NC(=O)C(C)N. The van der Waals surface area contributed by atoms with Crippen molar-refractivity contribution in [1.29, 1.82) is 0 Å². The number of allylic oxidation sites excluding steroid dienone is 2. The van der Waals surface area contributed by atoms with Gasteiger partial charge >= 0.3 is 0 Å². The molecule has 5 heteroatoms. The normalized spacial score (nSPS) is 15.8. The number of carbonyl (C=O) groups is 1. The van der Waals surface area contributed by atoms with Crippen molar-refractivity contribution in [2.24, 2.45) is 16.5 Å². The second kappa shape index (κ2) is 10.1. The van der Waals surface area contributed by atoms with Crippen LogP contribution >= 0.6 is 0 Å². The molecule has 5 nitrogen and oxygen atoms in total. The quantitative estimate of drug-likeness (QED) is 0.421. The third-order valence-corrected chi connectivity index (χ3v) is 2.38. The number of methoxy groups -OCH3 is 1. The number of nitrogens with zero attached hydrogens (tertiary/aromatic N) is 1. The number of hydrogen-bond acceptors (Lipinski definition) is 3. The summed E-state index contributed by atoms with van der Waals surface area (Å²) in [7, 11) is 1.63. The van der Waals surface area contributed by atoms with E-state index in [2.05, 4.69) is 4.99 Å². The van der Waals surface area contributed by atoms with E-state index < -0.39 is 11.9 Å². The molecule has 1 amide bonds. The highest BCUT2D eigenvalue weighted by molar-refractivity contribution is 6.06. The first kappa shape index (κ1) is 18.3. The number of nitrogens with two attached hydrogens (primary N) is 2. The molecule has 0 aromatic heterocycles. The average molecular weight is 279 g/mol. The number of amidine groups is 1. The Morgan fingerprint density at radius 3 is 2.55 bits per heavy atom. The van der Waals surface area contributed by atoms with Gasteiger partial charge in [0.2, 0.25) is 0 Å². The number of hydrogen-bond donors (Lipinski definition) is 2. The van der Waals surface area contributed by atoms with E-state index in [0.717, 1.165) is 12.0 Å². The summed E-state index contributed by atoms with van der Waals surface area (Å²) in [5.41, 5.74) is 13.0. The standard InChI is InChI=1S/C15H25N3O2/c1-5-7-12(10-20-4)9-13(8-6-2)14(17)18-15(19)11(3)16/h6-9,11H,5,10,16H2,1-4H3,(H2,17,18,19)/b8-6-,12-7-,13-9+. The van der Waals surface area contributed by atoms with Gasteiger partial charge in [0.25, 0.3) is 5.91 Å².